The molecule has 3 aromatic rings. The minimum Gasteiger partial charge on any atom is -0.370 e. The number of imidazole rings is 1. The molecule has 0 spiro atoms. The van der Waals surface area contributed by atoms with Crippen LogP contribution in [0.1, 0.15) is 36.0 Å². The van der Waals surface area contributed by atoms with Gasteiger partial charge in [0.05, 0.1) is 24.2 Å². The topological polar surface area (TPSA) is 82.1 Å². The third-order valence-electron chi connectivity index (χ3n) is 5.97. The lowest BCUT2D eigenvalue weighted by Crippen LogP contribution is -2.47. The summed E-state index contributed by atoms with van der Waals surface area (Å²) >= 11 is 0. The number of rotatable bonds is 4. The molecular formula is C21H20F4N6O. The van der Waals surface area contributed by atoms with Crippen molar-refractivity contribution >= 4 is 0 Å². The number of nitrogens with zero attached hydrogens (tertiary/aromatic N) is 5. The highest BCUT2D eigenvalue weighted by Crippen LogP contribution is 2.36. The molecule has 32 heavy (non-hydrogen) atoms. The lowest BCUT2D eigenvalue weighted by molar-refractivity contribution is -0.0538. The molecule has 5 rings (SSSR count). The highest BCUT2D eigenvalue weighted by atomic mass is 19.3. The van der Waals surface area contributed by atoms with Gasteiger partial charge in [0.25, 0.3) is 0 Å². The van der Waals surface area contributed by atoms with E-state index in [0.717, 1.165) is 22.8 Å². The first-order chi connectivity index (χ1) is 15.4. The second kappa shape index (κ2) is 8.23. The van der Waals surface area contributed by atoms with E-state index in [9.17, 15) is 17.6 Å². The van der Waals surface area contributed by atoms with Gasteiger partial charge in [0.2, 0.25) is 0 Å². The van der Waals surface area contributed by atoms with Crippen molar-refractivity contribution in [2.24, 2.45) is 5.73 Å². The molecule has 1 saturated heterocycles. The van der Waals surface area contributed by atoms with E-state index in [1.54, 1.807) is 0 Å². The minimum absolute atomic E-state index is 0.0796. The molecule has 168 valence electrons. The van der Waals surface area contributed by atoms with Crippen molar-refractivity contribution in [3.63, 3.8) is 0 Å². The van der Waals surface area contributed by atoms with Crippen molar-refractivity contribution in [1.29, 1.82) is 0 Å². The zero-order valence-electron chi connectivity index (χ0n) is 16.8. The first kappa shape index (κ1) is 21.0. The van der Waals surface area contributed by atoms with Gasteiger partial charge in [-0.3, -0.25) is 14.5 Å². The number of hydrogen-bond acceptors (Lipinski definition) is 6. The predicted octanol–water partition coefficient (Wildman–Crippen LogP) is 3.19. The molecule has 2 aromatic heterocycles. The smallest absolute Gasteiger partial charge is 0.320 e. The molecule has 2 aliphatic rings. The second-order valence-electron chi connectivity index (χ2n) is 7.95. The largest absolute Gasteiger partial charge is 0.370 e. The van der Waals surface area contributed by atoms with Crippen LogP contribution < -0.4 is 5.73 Å². The van der Waals surface area contributed by atoms with Gasteiger partial charge >= 0.3 is 6.55 Å². The zero-order valence-corrected chi connectivity index (χ0v) is 16.8. The van der Waals surface area contributed by atoms with E-state index in [4.69, 9.17) is 10.5 Å². The van der Waals surface area contributed by atoms with Gasteiger partial charge in [-0.25, -0.2) is 18.7 Å². The average molecular weight is 448 g/mol. The summed E-state index contributed by atoms with van der Waals surface area (Å²) < 4.78 is 62.2. The van der Waals surface area contributed by atoms with Gasteiger partial charge < -0.3 is 10.5 Å². The van der Waals surface area contributed by atoms with Gasteiger partial charge in [-0.05, 0) is 24.6 Å². The van der Waals surface area contributed by atoms with E-state index in [1.807, 2.05) is 4.90 Å². The minimum atomic E-state index is -2.78. The van der Waals surface area contributed by atoms with Crippen LogP contribution in [0.3, 0.4) is 0 Å². The van der Waals surface area contributed by atoms with E-state index in [1.165, 1.54) is 18.6 Å². The summed E-state index contributed by atoms with van der Waals surface area (Å²) in [4.78, 5) is 14.4. The maximum absolute atomic E-state index is 14.2. The second-order valence-corrected chi connectivity index (χ2v) is 7.95. The summed E-state index contributed by atoms with van der Waals surface area (Å²) in [5, 5.41) is 0. The zero-order chi connectivity index (χ0) is 22.4. The van der Waals surface area contributed by atoms with Crippen molar-refractivity contribution in [2.75, 3.05) is 6.61 Å². The average Bonchev–Trinajstić information content (AvgIpc) is 3.34. The van der Waals surface area contributed by atoms with E-state index in [-0.39, 0.29) is 36.3 Å². The van der Waals surface area contributed by atoms with Crippen LogP contribution in [-0.2, 0) is 17.8 Å². The molecule has 2 aliphatic heterocycles. The molecule has 0 amide bonds. The van der Waals surface area contributed by atoms with Crippen LogP contribution in [0.2, 0.25) is 0 Å². The van der Waals surface area contributed by atoms with Crippen LogP contribution in [0.4, 0.5) is 17.6 Å². The van der Waals surface area contributed by atoms with Gasteiger partial charge in [0, 0.05) is 43.1 Å². The fourth-order valence-corrected chi connectivity index (χ4v) is 4.46. The Hall–Kier alpha value is -2.89. The Kier molecular flexibility index (Phi) is 5.39. The Labute approximate surface area is 180 Å². The van der Waals surface area contributed by atoms with Crippen molar-refractivity contribution < 1.29 is 22.3 Å². The van der Waals surface area contributed by atoms with E-state index < -0.39 is 30.3 Å². The summed E-state index contributed by atoms with van der Waals surface area (Å²) in [6.07, 6.45) is 3.95. The quantitative estimate of drug-likeness (QED) is 0.618. The van der Waals surface area contributed by atoms with Crippen LogP contribution in [0.15, 0.2) is 36.8 Å². The number of hydrogen-bond donors (Lipinski definition) is 1. The lowest BCUT2D eigenvalue weighted by Gasteiger charge is -2.38. The van der Waals surface area contributed by atoms with Crippen LogP contribution in [-0.4, -0.2) is 43.1 Å². The SMILES string of the molecule is N[C@H]1C[C@@H](N2Cc3nc(-c4cnccn4)n(C(F)F)c3C2)CO[C@@H]1c1cc(F)ccc1F. The van der Waals surface area contributed by atoms with E-state index >= 15 is 0 Å². The van der Waals surface area contributed by atoms with Crippen LogP contribution in [0.25, 0.3) is 11.5 Å². The molecule has 3 atom stereocenters. The Morgan fingerprint density at radius 3 is 2.72 bits per heavy atom. The van der Waals surface area contributed by atoms with Gasteiger partial charge in [0.15, 0.2) is 5.82 Å². The molecule has 0 bridgehead atoms. The summed E-state index contributed by atoms with van der Waals surface area (Å²) in [5.74, 6) is -1.06. The van der Waals surface area contributed by atoms with E-state index in [0.29, 0.717) is 24.4 Å². The number of ether oxygens (including phenoxy) is 1. The molecule has 0 radical (unpaired) electrons. The molecule has 2 N–H and O–H groups in total. The van der Waals surface area contributed by atoms with E-state index in [2.05, 4.69) is 15.0 Å². The summed E-state index contributed by atoms with van der Waals surface area (Å²) in [6, 6.07) is 2.43. The molecule has 0 saturated carbocycles. The molecule has 1 aromatic carbocycles. The standard InChI is InChI=1S/C21H20F4N6O/c22-11-1-2-14(23)13(5-11)19-15(26)6-12(10-32-19)30-8-17-18(9-30)31(21(24)25)20(29-17)16-7-27-3-4-28-16/h1-5,7,12,15,19,21H,6,8-10,26H2/t12-,15+,19-/m1/s1. The number of aromatic nitrogens is 4. The van der Waals surface area contributed by atoms with Gasteiger partial charge in [0.1, 0.15) is 23.4 Å². The Morgan fingerprint density at radius 2 is 2.00 bits per heavy atom. The Morgan fingerprint density at radius 1 is 1.16 bits per heavy atom. The molecular weight excluding hydrogens is 428 g/mol. The third kappa shape index (κ3) is 3.65. The predicted molar refractivity (Wildman–Crippen MR) is 105 cm³/mol. The van der Waals surface area contributed by atoms with Gasteiger partial charge in [-0.1, -0.05) is 0 Å². The van der Waals surface area contributed by atoms with Crippen LogP contribution in [0.5, 0.6) is 0 Å². The number of alkyl halides is 2. The fraction of sp³-hybridized carbons (Fsp3) is 0.381. The third-order valence-corrected chi connectivity index (χ3v) is 5.97. The maximum atomic E-state index is 14.2. The highest BCUT2D eigenvalue weighted by Gasteiger charge is 2.39. The number of halogens is 4. The lowest BCUT2D eigenvalue weighted by atomic mass is 9.93. The summed E-state index contributed by atoms with van der Waals surface area (Å²) in [7, 11) is 0. The monoisotopic (exact) mass is 448 g/mol. The van der Waals surface area contributed by atoms with Crippen LogP contribution in [0, 0.1) is 11.6 Å². The van der Waals surface area contributed by atoms with Crippen LogP contribution >= 0.6 is 0 Å². The van der Waals surface area contributed by atoms with Crippen molar-refractivity contribution in [2.45, 2.75) is 44.2 Å². The van der Waals surface area contributed by atoms with Gasteiger partial charge in [-0.2, -0.15) is 8.78 Å². The van der Waals surface area contributed by atoms with Crippen molar-refractivity contribution in [1.82, 2.24) is 24.4 Å². The van der Waals surface area contributed by atoms with Crippen molar-refractivity contribution in [3.8, 4) is 11.5 Å². The number of nitrogens with two attached hydrogens (primary N) is 1. The maximum Gasteiger partial charge on any atom is 0.320 e. The Bertz CT molecular complexity index is 1120. The number of benzene rings is 1. The highest BCUT2D eigenvalue weighted by molar-refractivity contribution is 5.51. The Balaban J connectivity index is 1.33. The molecule has 7 nitrogen and oxygen atoms in total. The normalized spacial score (nSPS) is 23.6. The fourth-order valence-electron chi connectivity index (χ4n) is 4.46. The first-order valence-corrected chi connectivity index (χ1v) is 10.1. The first-order valence-electron chi connectivity index (χ1n) is 10.1. The molecule has 0 aliphatic carbocycles. The number of fused-ring (bicyclic) bond motifs is 1. The summed E-state index contributed by atoms with van der Waals surface area (Å²) in [5.41, 5.74) is 7.56. The van der Waals surface area contributed by atoms with Crippen molar-refractivity contribution in [3.05, 3.63) is 65.4 Å². The molecule has 0 unspecified atom stereocenters. The molecule has 4 heterocycles. The van der Waals surface area contributed by atoms with Gasteiger partial charge in [-0.15, -0.1) is 0 Å². The molecule has 1 fully saturated rings. The molecule has 11 heteroatoms. The summed E-state index contributed by atoms with van der Waals surface area (Å²) in [6.45, 7) is -1.98.